The monoisotopic (exact) mass is 257 g/mol. The van der Waals surface area contributed by atoms with Crippen LogP contribution in [0.2, 0.25) is 0 Å². The average molecular weight is 257 g/mol. The Hall–Kier alpha value is -1.04. The van der Waals surface area contributed by atoms with Crippen molar-refractivity contribution in [2.45, 2.75) is 37.6 Å². The third-order valence-electron chi connectivity index (χ3n) is 3.46. The number of carboxylic acids is 1. The van der Waals surface area contributed by atoms with E-state index in [1.165, 1.54) is 11.8 Å². The van der Waals surface area contributed by atoms with Gasteiger partial charge in [0.05, 0.1) is 11.5 Å². The number of rotatable bonds is 2. The van der Waals surface area contributed by atoms with Gasteiger partial charge in [-0.1, -0.05) is 19.3 Å². The number of thioether (sulfide) groups is 1. The minimum atomic E-state index is -1.27. The van der Waals surface area contributed by atoms with Crippen LogP contribution < -0.4 is 0 Å². The molecule has 0 radical (unpaired) electrons. The third-order valence-corrected chi connectivity index (χ3v) is 4.36. The van der Waals surface area contributed by atoms with Crippen LogP contribution in [-0.2, 0) is 14.4 Å². The van der Waals surface area contributed by atoms with Gasteiger partial charge in [-0.15, -0.1) is 11.8 Å². The number of amides is 2. The molecule has 1 saturated carbocycles. The number of carboxylic acid groups (broad SMARTS) is 1. The zero-order valence-electron chi connectivity index (χ0n) is 9.48. The number of carbonyl (C=O) groups is 3. The summed E-state index contributed by atoms with van der Waals surface area (Å²) in [6, 6.07) is 0. The molecular weight excluding hydrogens is 242 g/mol. The molecule has 0 unspecified atom stereocenters. The molecule has 1 heterocycles. The first-order valence-corrected chi connectivity index (χ1v) is 6.90. The van der Waals surface area contributed by atoms with E-state index >= 15 is 0 Å². The van der Waals surface area contributed by atoms with Crippen LogP contribution in [0.4, 0.5) is 0 Å². The minimum Gasteiger partial charge on any atom is -0.479 e. The van der Waals surface area contributed by atoms with E-state index in [-0.39, 0.29) is 23.3 Å². The molecule has 2 fully saturated rings. The minimum absolute atomic E-state index is 0.209. The molecule has 1 saturated heterocycles. The Bertz CT molecular complexity index is 346. The van der Waals surface area contributed by atoms with Crippen LogP contribution in [0.5, 0.6) is 0 Å². The molecule has 17 heavy (non-hydrogen) atoms. The van der Waals surface area contributed by atoms with Crippen molar-refractivity contribution in [2.75, 3.05) is 11.5 Å². The van der Waals surface area contributed by atoms with Gasteiger partial charge in [-0.2, -0.15) is 0 Å². The number of hydrogen-bond donors (Lipinski definition) is 1. The Morgan fingerprint density at radius 1 is 1.12 bits per heavy atom. The maximum atomic E-state index is 11.8. The van der Waals surface area contributed by atoms with E-state index in [9.17, 15) is 19.5 Å². The molecule has 1 aliphatic carbocycles. The van der Waals surface area contributed by atoms with Crippen molar-refractivity contribution < 1.29 is 19.5 Å². The molecule has 94 valence electrons. The zero-order chi connectivity index (χ0) is 12.5. The Morgan fingerprint density at radius 3 is 2.12 bits per heavy atom. The summed E-state index contributed by atoms with van der Waals surface area (Å²) in [6.45, 7) is 0. The molecule has 0 aromatic carbocycles. The Kier molecular flexibility index (Phi) is 3.42. The van der Waals surface area contributed by atoms with Crippen molar-refractivity contribution >= 4 is 29.5 Å². The molecule has 2 aliphatic rings. The van der Waals surface area contributed by atoms with E-state index in [1.54, 1.807) is 0 Å². The predicted octanol–water partition coefficient (Wildman–Crippen LogP) is 0.876. The molecule has 5 nitrogen and oxygen atoms in total. The van der Waals surface area contributed by atoms with Crippen LogP contribution in [0.15, 0.2) is 0 Å². The van der Waals surface area contributed by atoms with Gasteiger partial charge in [-0.25, -0.2) is 4.79 Å². The lowest BCUT2D eigenvalue weighted by Gasteiger charge is -2.43. The van der Waals surface area contributed by atoms with Gasteiger partial charge in [-0.3, -0.25) is 14.5 Å². The second-order valence-electron chi connectivity index (χ2n) is 4.51. The van der Waals surface area contributed by atoms with Crippen LogP contribution in [0.25, 0.3) is 0 Å². The lowest BCUT2D eigenvalue weighted by molar-refractivity contribution is -0.167. The van der Waals surface area contributed by atoms with Crippen LogP contribution in [0.1, 0.15) is 32.1 Å². The van der Waals surface area contributed by atoms with Crippen molar-refractivity contribution in [1.29, 1.82) is 0 Å². The highest BCUT2D eigenvalue weighted by molar-refractivity contribution is 8.00. The first-order chi connectivity index (χ1) is 8.08. The van der Waals surface area contributed by atoms with E-state index in [4.69, 9.17) is 0 Å². The normalized spacial score (nSPS) is 24.8. The second kappa shape index (κ2) is 4.68. The Morgan fingerprint density at radius 2 is 1.65 bits per heavy atom. The summed E-state index contributed by atoms with van der Waals surface area (Å²) in [7, 11) is 0. The quantitative estimate of drug-likeness (QED) is 0.743. The summed E-state index contributed by atoms with van der Waals surface area (Å²) < 4.78 is 0. The molecule has 0 atom stereocenters. The lowest BCUT2D eigenvalue weighted by Crippen LogP contribution is -2.62. The molecule has 1 N–H and O–H groups in total. The smallest absolute Gasteiger partial charge is 0.330 e. The van der Waals surface area contributed by atoms with E-state index in [0.29, 0.717) is 12.8 Å². The highest BCUT2D eigenvalue weighted by Crippen LogP contribution is 2.36. The average Bonchev–Trinajstić information content (AvgIpc) is 2.29. The van der Waals surface area contributed by atoms with Gasteiger partial charge in [-0.05, 0) is 12.8 Å². The number of carbonyl (C=O) groups excluding carboxylic acids is 2. The first-order valence-electron chi connectivity index (χ1n) is 5.75. The molecule has 2 rings (SSSR count). The molecule has 6 heteroatoms. The fourth-order valence-electron chi connectivity index (χ4n) is 2.64. The number of hydrogen-bond acceptors (Lipinski definition) is 4. The van der Waals surface area contributed by atoms with Crippen molar-refractivity contribution in [2.24, 2.45) is 0 Å². The molecular formula is C11H15NO4S. The lowest BCUT2D eigenvalue weighted by atomic mass is 9.80. The van der Waals surface area contributed by atoms with Crippen LogP contribution >= 0.6 is 11.8 Å². The van der Waals surface area contributed by atoms with Gasteiger partial charge in [0.1, 0.15) is 5.54 Å². The third kappa shape index (κ3) is 2.06. The van der Waals surface area contributed by atoms with E-state index in [1.807, 2.05) is 0 Å². The van der Waals surface area contributed by atoms with Crippen molar-refractivity contribution in [3.8, 4) is 0 Å². The van der Waals surface area contributed by atoms with Crippen LogP contribution in [0, 0.1) is 0 Å². The first kappa shape index (κ1) is 12.4. The van der Waals surface area contributed by atoms with E-state index in [2.05, 4.69) is 0 Å². The van der Waals surface area contributed by atoms with Crippen LogP contribution in [0.3, 0.4) is 0 Å². The molecule has 0 aromatic heterocycles. The maximum absolute atomic E-state index is 11.8. The topological polar surface area (TPSA) is 74.7 Å². The van der Waals surface area contributed by atoms with Gasteiger partial charge in [0.15, 0.2) is 0 Å². The van der Waals surface area contributed by atoms with E-state index in [0.717, 1.165) is 24.2 Å². The molecule has 1 aliphatic heterocycles. The molecule has 0 bridgehead atoms. The highest BCUT2D eigenvalue weighted by atomic mass is 32.2. The number of imide groups is 1. The summed E-state index contributed by atoms with van der Waals surface area (Å²) in [4.78, 5) is 36.2. The molecule has 0 aromatic rings. The van der Waals surface area contributed by atoms with Crippen molar-refractivity contribution in [1.82, 2.24) is 4.90 Å². The SMILES string of the molecule is O=C1CSCC(=O)N1C1(C(=O)O)CCCCC1. The maximum Gasteiger partial charge on any atom is 0.330 e. The summed E-state index contributed by atoms with van der Waals surface area (Å²) in [6.07, 6.45) is 3.28. The summed E-state index contributed by atoms with van der Waals surface area (Å²) >= 11 is 1.26. The van der Waals surface area contributed by atoms with Crippen molar-refractivity contribution in [3.05, 3.63) is 0 Å². The van der Waals surface area contributed by atoms with Crippen molar-refractivity contribution in [3.63, 3.8) is 0 Å². The van der Waals surface area contributed by atoms with Gasteiger partial charge in [0.2, 0.25) is 11.8 Å². The Balaban J connectivity index is 2.34. The zero-order valence-corrected chi connectivity index (χ0v) is 10.3. The highest BCUT2D eigenvalue weighted by Gasteiger charge is 2.50. The largest absolute Gasteiger partial charge is 0.479 e. The van der Waals surface area contributed by atoms with Crippen LogP contribution in [-0.4, -0.2) is 44.8 Å². The summed E-state index contributed by atoms with van der Waals surface area (Å²) in [5.74, 6) is -1.32. The van der Waals surface area contributed by atoms with Gasteiger partial charge < -0.3 is 5.11 Å². The Labute approximate surface area is 104 Å². The molecule has 2 amide bonds. The molecule has 0 spiro atoms. The fraction of sp³-hybridized carbons (Fsp3) is 0.727. The number of nitrogens with zero attached hydrogens (tertiary/aromatic N) is 1. The second-order valence-corrected chi connectivity index (χ2v) is 5.50. The standard InChI is InChI=1S/C11H15NO4S/c13-8-6-17-7-9(14)12(8)11(10(15)16)4-2-1-3-5-11/h1-7H2,(H,15,16). The van der Waals surface area contributed by atoms with Gasteiger partial charge in [0, 0.05) is 0 Å². The van der Waals surface area contributed by atoms with Gasteiger partial charge in [0.25, 0.3) is 0 Å². The predicted molar refractivity (Wildman–Crippen MR) is 62.6 cm³/mol. The summed E-state index contributed by atoms with van der Waals surface area (Å²) in [5.41, 5.74) is -1.27. The van der Waals surface area contributed by atoms with Gasteiger partial charge >= 0.3 is 5.97 Å². The number of aliphatic carboxylic acids is 1. The van der Waals surface area contributed by atoms with E-state index < -0.39 is 11.5 Å². The fourth-order valence-corrected chi connectivity index (χ4v) is 3.35. The summed E-state index contributed by atoms with van der Waals surface area (Å²) in [5, 5.41) is 9.42.